The number of fused-ring (bicyclic) bond motifs is 1. The molecule has 0 saturated heterocycles. The molecule has 2 N–H and O–H groups in total. The smallest absolute Gasteiger partial charge is 0.306 e. The summed E-state index contributed by atoms with van der Waals surface area (Å²) in [6, 6.07) is 16.9. The zero-order valence-corrected chi connectivity index (χ0v) is 20.2. The van der Waals surface area contributed by atoms with Crippen LogP contribution in [0.4, 0.5) is 0 Å². The molecule has 0 amide bonds. The van der Waals surface area contributed by atoms with Crippen molar-refractivity contribution < 1.29 is 17.3 Å². The molecular formula is C27H25N3O4S. The van der Waals surface area contributed by atoms with E-state index in [4.69, 9.17) is 19.6 Å². The molecule has 0 saturated carbocycles. The summed E-state index contributed by atoms with van der Waals surface area (Å²) in [6.07, 6.45) is 11.8. The summed E-state index contributed by atoms with van der Waals surface area (Å²) in [5, 5.41) is 0. The van der Waals surface area contributed by atoms with Crippen molar-refractivity contribution in [2.45, 2.75) is 17.9 Å². The zero-order chi connectivity index (χ0) is 24.6. The van der Waals surface area contributed by atoms with E-state index in [1.807, 2.05) is 48.7 Å². The number of pyridine rings is 1. The van der Waals surface area contributed by atoms with Gasteiger partial charge in [0.2, 0.25) is 0 Å². The highest BCUT2D eigenvalue weighted by atomic mass is 32.2. The molecule has 2 heterocycles. The number of hydrogen-bond donors (Lipinski definition) is 1. The van der Waals surface area contributed by atoms with Crippen LogP contribution in [-0.4, -0.2) is 32.6 Å². The third-order valence-corrected chi connectivity index (χ3v) is 6.78. The van der Waals surface area contributed by atoms with Crippen LogP contribution in [-0.2, 0) is 15.7 Å². The van der Waals surface area contributed by atoms with E-state index >= 15 is 0 Å². The first-order valence-electron chi connectivity index (χ1n) is 11.1. The topological polar surface area (TPSA) is 104 Å². The van der Waals surface area contributed by atoms with Crippen LogP contribution in [0.25, 0.3) is 0 Å². The van der Waals surface area contributed by atoms with Crippen LogP contribution < -0.4 is 14.7 Å². The summed E-state index contributed by atoms with van der Waals surface area (Å²) >= 11 is 0. The summed E-state index contributed by atoms with van der Waals surface area (Å²) in [6.45, 7) is 0. The monoisotopic (exact) mass is 487 g/mol. The van der Waals surface area contributed by atoms with Crippen LogP contribution in [0.1, 0.15) is 34.6 Å². The van der Waals surface area contributed by atoms with E-state index in [0.717, 1.165) is 40.5 Å². The second-order valence-corrected chi connectivity index (χ2v) is 10.2. The van der Waals surface area contributed by atoms with Crippen LogP contribution in [0.2, 0.25) is 0 Å². The molecule has 0 radical (unpaired) electrons. The van der Waals surface area contributed by atoms with Crippen molar-refractivity contribution in [3.8, 4) is 11.5 Å². The molecule has 3 aromatic rings. The first-order valence-corrected chi connectivity index (χ1v) is 12.9. The van der Waals surface area contributed by atoms with Crippen LogP contribution in [0.15, 0.2) is 95.8 Å². The molecule has 178 valence electrons. The number of methoxy groups -OCH3 is 1. The van der Waals surface area contributed by atoms with Gasteiger partial charge in [-0.1, -0.05) is 54.6 Å². The van der Waals surface area contributed by atoms with Gasteiger partial charge in [-0.25, -0.2) is 4.99 Å². The van der Waals surface area contributed by atoms with Crippen molar-refractivity contribution in [1.29, 1.82) is 0 Å². The Morgan fingerprint density at radius 3 is 2.57 bits per heavy atom. The molecule has 1 aliphatic carbocycles. The van der Waals surface area contributed by atoms with Gasteiger partial charge in [-0.3, -0.25) is 4.98 Å². The number of allylic oxidation sites excluding steroid dienone is 2. The average Bonchev–Trinajstić information content (AvgIpc) is 3.17. The summed E-state index contributed by atoms with van der Waals surface area (Å²) in [4.78, 5) is 9.35. The number of aromatic nitrogens is 1. The molecule has 2 aliphatic rings. The second kappa shape index (κ2) is 8.70. The Kier molecular flexibility index (Phi) is 5.68. The quantitative estimate of drug-likeness (QED) is 0.526. The SMILES string of the molecule is COc1cncc(C2C=C(C3(c4ccc(OS(C)(=O)=O)cc4)N=C(N)c4ccccc43)C=CC2)c1. The molecule has 5 rings (SSSR count). The zero-order valence-electron chi connectivity index (χ0n) is 19.4. The Hall–Kier alpha value is -3.91. The predicted molar refractivity (Wildman–Crippen MR) is 135 cm³/mol. The minimum Gasteiger partial charge on any atom is -0.495 e. The number of nitrogens with two attached hydrogens (primary N) is 1. The van der Waals surface area contributed by atoms with E-state index < -0.39 is 15.7 Å². The van der Waals surface area contributed by atoms with Crippen molar-refractivity contribution in [1.82, 2.24) is 4.98 Å². The maximum Gasteiger partial charge on any atom is 0.306 e. The van der Waals surface area contributed by atoms with E-state index in [-0.39, 0.29) is 11.7 Å². The first-order chi connectivity index (χ1) is 16.8. The Morgan fingerprint density at radius 2 is 1.83 bits per heavy atom. The van der Waals surface area contributed by atoms with Gasteiger partial charge < -0.3 is 14.7 Å². The average molecular weight is 488 g/mol. The fourth-order valence-corrected chi connectivity index (χ4v) is 5.22. The molecular weight excluding hydrogens is 462 g/mol. The molecule has 2 aromatic carbocycles. The molecule has 1 aliphatic heterocycles. The van der Waals surface area contributed by atoms with E-state index in [9.17, 15) is 8.42 Å². The number of amidine groups is 1. The number of hydrogen-bond acceptors (Lipinski definition) is 7. The third kappa shape index (κ3) is 4.21. The van der Waals surface area contributed by atoms with E-state index in [1.54, 1.807) is 25.4 Å². The summed E-state index contributed by atoms with van der Waals surface area (Å²) in [7, 11) is -2.01. The molecule has 2 unspecified atom stereocenters. The highest BCUT2D eigenvalue weighted by Gasteiger charge is 2.44. The summed E-state index contributed by atoms with van der Waals surface area (Å²) in [5.74, 6) is 1.47. The highest BCUT2D eigenvalue weighted by Crippen LogP contribution is 2.49. The van der Waals surface area contributed by atoms with Gasteiger partial charge in [0.15, 0.2) is 0 Å². The lowest BCUT2D eigenvalue weighted by Crippen LogP contribution is -2.27. The Balaban J connectivity index is 1.66. The minimum atomic E-state index is -3.63. The molecule has 1 aromatic heterocycles. The lowest BCUT2D eigenvalue weighted by atomic mass is 9.74. The van der Waals surface area contributed by atoms with Gasteiger partial charge in [0, 0.05) is 17.7 Å². The Labute approximate surface area is 204 Å². The van der Waals surface area contributed by atoms with Crippen molar-refractivity contribution in [3.05, 3.63) is 113 Å². The number of benzene rings is 2. The minimum absolute atomic E-state index is 0.0755. The number of rotatable bonds is 6. The molecule has 0 bridgehead atoms. The van der Waals surface area contributed by atoms with Crippen molar-refractivity contribution in [2.75, 3.05) is 13.4 Å². The van der Waals surface area contributed by atoms with Crippen LogP contribution in [0.5, 0.6) is 11.5 Å². The molecule has 8 heteroatoms. The lowest BCUT2D eigenvalue weighted by molar-refractivity contribution is 0.412. The summed E-state index contributed by atoms with van der Waals surface area (Å²) < 4.78 is 33.6. The van der Waals surface area contributed by atoms with Crippen molar-refractivity contribution in [3.63, 3.8) is 0 Å². The van der Waals surface area contributed by atoms with Gasteiger partial charge in [-0.2, -0.15) is 8.42 Å². The highest BCUT2D eigenvalue weighted by molar-refractivity contribution is 7.86. The maximum absolute atomic E-state index is 11.6. The fraction of sp³-hybridized carbons (Fsp3) is 0.185. The lowest BCUT2D eigenvalue weighted by Gasteiger charge is -2.32. The fourth-order valence-electron chi connectivity index (χ4n) is 4.76. The first kappa shape index (κ1) is 22.9. The number of nitrogens with zero attached hydrogens (tertiary/aromatic N) is 2. The predicted octanol–water partition coefficient (Wildman–Crippen LogP) is 4.06. The van der Waals surface area contributed by atoms with E-state index in [0.29, 0.717) is 11.6 Å². The van der Waals surface area contributed by atoms with Gasteiger partial charge in [-0.15, -0.1) is 0 Å². The number of ether oxygens (including phenoxy) is 1. The van der Waals surface area contributed by atoms with Gasteiger partial charge in [-0.05, 0) is 46.9 Å². The van der Waals surface area contributed by atoms with Crippen molar-refractivity contribution >= 4 is 16.0 Å². The second-order valence-electron chi connectivity index (χ2n) is 8.59. The van der Waals surface area contributed by atoms with Crippen LogP contribution >= 0.6 is 0 Å². The molecule has 35 heavy (non-hydrogen) atoms. The van der Waals surface area contributed by atoms with Crippen LogP contribution in [0.3, 0.4) is 0 Å². The molecule has 7 nitrogen and oxygen atoms in total. The standard InChI is InChI=1S/C27H25N3O4S/c1-33-23-15-19(16-29-17-23)18-6-5-7-21(14-18)27(25-9-4-3-8-24(25)26(28)30-27)20-10-12-22(13-11-20)34-35(2,31)32/h3-5,7-18H,6H2,1-2H3,(H2,28,30). The molecule has 0 fully saturated rings. The Morgan fingerprint density at radius 1 is 1.06 bits per heavy atom. The van der Waals surface area contributed by atoms with Crippen LogP contribution in [0, 0.1) is 0 Å². The van der Waals surface area contributed by atoms with Gasteiger partial charge in [0.25, 0.3) is 0 Å². The maximum atomic E-state index is 11.6. The largest absolute Gasteiger partial charge is 0.495 e. The molecule has 0 spiro atoms. The summed E-state index contributed by atoms with van der Waals surface area (Å²) in [5.41, 5.74) is 10.3. The molecule has 2 atom stereocenters. The van der Waals surface area contributed by atoms with E-state index in [2.05, 4.69) is 23.2 Å². The number of aliphatic imine (C=N–C) groups is 1. The Bertz CT molecular complexity index is 1480. The van der Waals surface area contributed by atoms with Gasteiger partial charge in [0.05, 0.1) is 19.6 Å². The van der Waals surface area contributed by atoms with Gasteiger partial charge >= 0.3 is 10.1 Å². The van der Waals surface area contributed by atoms with Crippen molar-refractivity contribution in [2.24, 2.45) is 10.7 Å². The third-order valence-electron chi connectivity index (χ3n) is 6.28. The normalized spacial score (nSPS) is 21.1. The van der Waals surface area contributed by atoms with Gasteiger partial charge in [0.1, 0.15) is 22.9 Å². The van der Waals surface area contributed by atoms with E-state index in [1.165, 1.54) is 0 Å².